The molecule has 0 aliphatic heterocycles. The first-order chi connectivity index (χ1) is 18.3. The molecule has 0 radical (unpaired) electrons. The Morgan fingerprint density at radius 2 is 1.77 bits per heavy atom. The molecule has 0 saturated carbocycles. The number of fused-ring (bicyclic) bond motifs is 1. The lowest BCUT2D eigenvalue weighted by atomic mass is 9.95. The van der Waals surface area contributed by atoms with E-state index in [1.54, 1.807) is 18.2 Å². The summed E-state index contributed by atoms with van der Waals surface area (Å²) >= 11 is 9.54. The molecule has 3 aromatic carbocycles. The van der Waals surface area contributed by atoms with Crippen molar-refractivity contribution < 1.29 is 14.6 Å². The highest BCUT2D eigenvalue weighted by atomic mass is 79.9. The van der Waals surface area contributed by atoms with Gasteiger partial charge >= 0.3 is 5.69 Å². The summed E-state index contributed by atoms with van der Waals surface area (Å²) in [6, 6.07) is 13.3. The molecule has 0 aliphatic rings. The van der Waals surface area contributed by atoms with E-state index in [-0.39, 0.29) is 28.6 Å². The van der Waals surface area contributed by atoms with Crippen molar-refractivity contribution in [1.82, 2.24) is 9.66 Å². The van der Waals surface area contributed by atoms with Gasteiger partial charge in [-0.25, -0.2) is 4.98 Å². The molecule has 0 N–H and O–H groups in total. The van der Waals surface area contributed by atoms with Crippen molar-refractivity contribution in [3.8, 4) is 5.75 Å². The third-order valence-electron chi connectivity index (χ3n) is 5.58. The van der Waals surface area contributed by atoms with Crippen molar-refractivity contribution in [3.05, 3.63) is 112 Å². The van der Waals surface area contributed by atoms with Crippen LogP contribution in [-0.4, -0.2) is 25.7 Å². The van der Waals surface area contributed by atoms with Crippen LogP contribution in [0, 0.1) is 20.2 Å². The van der Waals surface area contributed by atoms with Gasteiger partial charge in [-0.2, -0.15) is 9.78 Å². The standard InChI is InChI=1S/C26H21BrClN5O6/c1-26(2,3)25-30-21-9-6-17(27)11-20(21)24(34)31(25)29-13-16-10-18(28)12-22(33(37)38)23(16)39-14-15-4-7-19(8-5-15)32(35)36/h4-13H,14H2,1-3H3. The summed E-state index contributed by atoms with van der Waals surface area (Å²) in [5.74, 6) is 0.247. The first-order valence-electron chi connectivity index (χ1n) is 11.5. The van der Waals surface area contributed by atoms with Crippen LogP contribution in [0.15, 0.2) is 69.0 Å². The lowest BCUT2D eigenvalue weighted by Crippen LogP contribution is -2.29. The highest BCUT2D eigenvalue weighted by Gasteiger charge is 2.24. The number of nitrogens with zero attached hydrogens (tertiary/aromatic N) is 5. The lowest BCUT2D eigenvalue weighted by molar-refractivity contribution is -0.386. The molecule has 4 aromatic rings. The minimum atomic E-state index is -0.643. The Balaban J connectivity index is 1.81. The maximum absolute atomic E-state index is 13.5. The number of nitro benzene ring substituents is 2. The fourth-order valence-corrected chi connectivity index (χ4v) is 4.30. The first-order valence-corrected chi connectivity index (χ1v) is 12.6. The quantitative estimate of drug-likeness (QED) is 0.133. The zero-order valence-corrected chi connectivity index (χ0v) is 23.3. The third-order valence-corrected chi connectivity index (χ3v) is 6.29. The maximum atomic E-state index is 13.5. The summed E-state index contributed by atoms with van der Waals surface area (Å²) in [4.78, 5) is 39.7. The maximum Gasteiger partial charge on any atom is 0.313 e. The number of rotatable bonds is 7. The number of benzene rings is 3. The number of hydrogen-bond acceptors (Lipinski definition) is 8. The fourth-order valence-electron chi connectivity index (χ4n) is 3.72. The molecule has 13 heteroatoms. The summed E-state index contributed by atoms with van der Waals surface area (Å²) in [6.07, 6.45) is 1.26. The van der Waals surface area contributed by atoms with E-state index in [2.05, 4.69) is 26.0 Å². The van der Waals surface area contributed by atoms with E-state index in [1.807, 2.05) is 20.8 Å². The van der Waals surface area contributed by atoms with Crippen molar-refractivity contribution in [1.29, 1.82) is 0 Å². The van der Waals surface area contributed by atoms with Gasteiger partial charge < -0.3 is 4.74 Å². The Morgan fingerprint density at radius 1 is 1.08 bits per heavy atom. The Morgan fingerprint density at radius 3 is 2.38 bits per heavy atom. The van der Waals surface area contributed by atoms with Crippen molar-refractivity contribution in [2.45, 2.75) is 32.8 Å². The van der Waals surface area contributed by atoms with E-state index < -0.39 is 26.5 Å². The Labute approximate surface area is 235 Å². The Hall–Kier alpha value is -4.16. The topological polar surface area (TPSA) is 143 Å². The smallest absolute Gasteiger partial charge is 0.313 e. The van der Waals surface area contributed by atoms with E-state index in [0.717, 1.165) is 10.7 Å². The minimum Gasteiger partial charge on any atom is -0.481 e. The van der Waals surface area contributed by atoms with Gasteiger partial charge in [0.2, 0.25) is 5.75 Å². The van der Waals surface area contributed by atoms with Gasteiger partial charge in [0.1, 0.15) is 12.4 Å². The minimum absolute atomic E-state index is 0.0646. The zero-order valence-electron chi connectivity index (χ0n) is 20.9. The Kier molecular flexibility index (Phi) is 7.79. The van der Waals surface area contributed by atoms with Gasteiger partial charge in [0.05, 0.1) is 27.0 Å². The molecular formula is C26H21BrClN5O6. The summed E-state index contributed by atoms with van der Waals surface area (Å²) < 4.78 is 7.65. The van der Waals surface area contributed by atoms with Gasteiger partial charge in [-0.3, -0.25) is 25.0 Å². The monoisotopic (exact) mass is 613 g/mol. The van der Waals surface area contributed by atoms with Crippen LogP contribution in [0.2, 0.25) is 5.02 Å². The van der Waals surface area contributed by atoms with Crippen molar-refractivity contribution in [3.63, 3.8) is 0 Å². The SMILES string of the molecule is CC(C)(C)c1nc2ccc(Br)cc2c(=O)n1N=Cc1cc(Cl)cc([N+](=O)[O-])c1OCc1ccc([N+](=O)[O-])cc1. The number of halogens is 2. The summed E-state index contributed by atoms with van der Waals surface area (Å²) in [7, 11) is 0. The van der Waals surface area contributed by atoms with Crippen LogP contribution in [0.25, 0.3) is 10.9 Å². The fraction of sp³-hybridized carbons (Fsp3) is 0.192. The van der Waals surface area contributed by atoms with Gasteiger partial charge in [0.25, 0.3) is 11.2 Å². The van der Waals surface area contributed by atoms with Gasteiger partial charge in [-0.15, -0.1) is 0 Å². The number of aromatic nitrogens is 2. The molecule has 0 amide bonds. The average Bonchev–Trinajstić information content (AvgIpc) is 2.87. The van der Waals surface area contributed by atoms with E-state index >= 15 is 0 Å². The molecule has 0 unspecified atom stereocenters. The normalized spacial score (nSPS) is 11.7. The van der Waals surface area contributed by atoms with Crippen LogP contribution in [0.5, 0.6) is 5.75 Å². The number of non-ortho nitro benzene ring substituents is 1. The third kappa shape index (κ3) is 6.13. The van der Waals surface area contributed by atoms with Crippen LogP contribution >= 0.6 is 27.5 Å². The predicted octanol–water partition coefficient (Wildman–Crippen LogP) is 6.39. The van der Waals surface area contributed by atoms with E-state index in [1.165, 1.54) is 36.5 Å². The predicted molar refractivity (Wildman–Crippen MR) is 151 cm³/mol. The Bertz CT molecular complexity index is 1700. The molecule has 0 fully saturated rings. The molecule has 39 heavy (non-hydrogen) atoms. The molecule has 200 valence electrons. The van der Waals surface area contributed by atoms with E-state index in [9.17, 15) is 25.0 Å². The van der Waals surface area contributed by atoms with E-state index in [0.29, 0.717) is 26.8 Å². The highest BCUT2D eigenvalue weighted by molar-refractivity contribution is 9.10. The van der Waals surface area contributed by atoms with E-state index in [4.69, 9.17) is 16.3 Å². The van der Waals surface area contributed by atoms with Gasteiger partial charge in [0, 0.05) is 38.7 Å². The molecule has 1 aromatic heterocycles. The largest absolute Gasteiger partial charge is 0.481 e. The average molecular weight is 615 g/mol. The van der Waals surface area contributed by atoms with Crippen LogP contribution < -0.4 is 10.3 Å². The molecule has 0 bridgehead atoms. The van der Waals surface area contributed by atoms with Crippen molar-refractivity contribution >= 4 is 56.0 Å². The second kappa shape index (κ2) is 10.9. The molecule has 1 heterocycles. The summed E-state index contributed by atoms with van der Waals surface area (Å²) in [5.41, 5.74) is -0.305. The zero-order chi connectivity index (χ0) is 28.5. The highest BCUT2D eigenvalue weighted by Crippen LogP contribution is 2.34. The summed E-state index contributed by atoms with van der Waals surface area (Å²) in [6.45, 7) is 5.53. The molecule has 0 saturated heterocycles. The van der Waals surface area contributed by atoms with Gasteiger partial charge in [-0.05, 0) is 42.0 Å². The molecule has 11 nitrogen and oxygen atoms in total. The molecule has 0 aliphatic carbocycles. The number of hydrogen-bond donors (Lipinski definition) is 0. The first kappa shape index (κ1) is 27.9. The van der Waals surface area contributed by atoms with Crippen LogP contribution in [0.4, 0.5) is 11.4 Å². The second-order valence-corrected chi connectivity index (χ2v) is 10.9. The molecular weight excluding hydrogens is 594 g/mol. The molecule has 0 spiro atoms. The van der Waals surface area contributed by atoms with Gasteiger partial charge in [-0.1, -0.05) is 48.3 Å². The van der Waals surface area contributed by atoms with Crippen LogP contribution in [-0.2, 0) is 12.0 Å². The second-order valence-electron chi connectivity index (χ2n) is 9.52. The molecule has 0 atom stereocenters. The van der Waals surface area contributed by atoms with Crippen LogP contribution in [0.3, 0.4) is 0 Å². The summed E-state index contributed by atoms with van der Waals surface area (Å²) in [5, 5.41) is 27.5. The van der Waals surface area contributed by atoms with Gasteiger partial charge in [0.15, 0.2) is 0 Å². The van der Waals surface area contributed by atoms with Crippen LogP contribution in [0.1, 0.15) is 37.7 Å². The molecule has 4 rings (SSSR count). The number of ether oxygens (including phenoxy) is 1. The van der Waals surface area contributed by atoms with Crippen molar-refractivity contribution in [2.75, 3.05) is 0 Å². The number of nitro groups is 2. The van der Waals surface area contributed by atoms with Crippen molar-refractivity contribution in [2.24, 2.45) is 5.10 Å². The lowest BCUT2D eigenvalue weighted by Gasteiger charge is -2.21.